The lowest BCUT2D eigenvalue weighted by Crippen LogP contribution is -2.31. The van der Waals surface area contributed by atoms with E-state index in [1.54, 1.807) is 13.2 Å². The van der Waals surface area contributed by atoms with Crippen molar-refractivity contribution in [2.75, 3.05) is 26.0 Å². The topological polar surface area (TPSA) is 67.4 Å². The van der Waals surface area contributed by atoms with Crippen molar-refractivity contribution in [3.8, 4) is 0 Å². The van der Waals surface area contributed by atoms with Crippen molar-refractivity contribution in [2.24, 2.45) is 0 Å². The predicted octanol–water partition coefficient (Wildman–Crippen LogP) is 1.68. The summed E-state index contributed by atoms with van der Waals surface area (Å²) in [6, 6.07) is 7.37. The minimum absolute atomic E-state index is 0.0730. The number of methoxy groups -OCH3 is 1. The van der Waals surface area contributed by atoms with Crippen molar-refractivity contribution in [3.63, 3.8) is 0 Å². The SMILES string of the molecule is COCCNC(=O)CSc1ccccc1C(=O)NC(C)C. The van der Waals surface area contributed by atoms with Gasteiger partial charge in [-0.05, 0) is 26.0 Å². The molecule has 0 aromatic heterocycles. The number of benzene rings is 1. The quantitative estimate of drug-likeness (QED) is 0.566. The van der Waals surface area contributed by atoms with Gasteiger partial charge in [-0.2, -0.15) is 0 Å². The van der Waals surface area contributed by atoms with E-state index in [0.29, 0.717) is 18.7 Å². The summed E-state index contributed by atoms with van der Waals surface area (Å²) in [6.07, 6.45) is 0. The van der Waals surface area contributed by atoms with Gasteiger partial charge in [-0.15, -0.1) is 11.8 Å². The van der Waals surface area contributed by atoms with E-state index in [0.717, 1.165) is 4.90 Å². The van der Waals surface area contributed by atoms with E-state index in [4.69, 9.17) is 4.74 Å². The molecule has 0 aliphatic carbocycles. The number of hydrogen-bond acceptors (Lipinski definition) is 4. The van der Waals surface area contributed by atoms with Crippen molar-refractivity contribution >= 4 is 23.6 Å². The summed E-state index contributed by atoms with van der Waals surface area (Å²) in [5.74, 6) is 0.0828. The lowest BCUT2D eigenvalue weighted by atomic mass is 10.2. The highest BCUT2D eigenvalue weighted by atomic mass is 32.2. The van der Waals surface area contributed by atoms with E-state index in [1.165, 1.54) is 11.8 Å². The van der Waals surface area contributed by atoms with Gasteiger partial charge in [0.05, 0.1) is 17.9 Å². The van der Waals surface area contributed by atoms with Crippen molar-refractivity contribution < 1.29 is 14.3 Å². The zero-order valence-corrected chi connectivity index (χ0v) is 13.5. The minimum Gasteiger partial charge on any atom is -0.383 e. The van der Waals surface area contributed by atoms with Gasteiger partial charge in [-0.1, -0.05) is 12.1 Å². The largest absolute Gasteiger partial charge is 0.383 e. The van der Waals surface area contributed by atoms with Gasteiger partial charge in [0.25, 0.3) is 5.91 Å². The van der Waals surface area contributed by atoms with Crippen LogP contribution >= 0.6 is 11.8 Å². The molecule has 0 aliphatic rings. The molecule has 0 atom stereocenters. The number of rotatable bonds is 8. The molecule has 2 N–H and O–H groups in total. The zero-order chi connectivity index (χ0) is 15.7. The van der Waals surface area contributed by atoms with Crippen LogP contribution in [-0.2, 0) is 9.53 Å². The molecule has 21 heavy (non-hydrogen) atoms. The van der Waals surface area contributed by atoms with Crippen molar-refractivity contribution in [2.45, 2.75) is 24.8 Å². The summed E-state index contributed by atoms with van der Waals surface area (Å²) in [7, 11) is 1.59. The number of ether oxygens (including phenoxy) is 1. The van der Waals surface area contributed by atoms with Crippen LogP contribution in [0.2, 0.25) is 0 Å². The number of nitrogens with one attached hydrogen (secondary N) is 2. The molecular weight excluding hydrogens is 288 g/mol. The Labute approximate surface area is 129 Å². The van der Waals surface area contributed by atoms with E-state index in [2.05, 4.69) is 10.6 Å². The van der Waals surface area contributed by atoms with Gasteiger partial charge in [-0.25, -0.2) is 0 Å². The number of carbonyl (C=O) groups is 2. The van der Waals surface area contributed by atoms with Crippen LogP contribution in [0.1, 0.15) is 24.2 Å². The van der Waals surface area contributed by atoms with E-state index in [-0.39, 0.29) is 23.6 Å². The Morgan fingerprint density at radius 3 is 2.67 bits per heavy atom. The average molecular weight is 310 g/mol. The molecule has 0 saturated heterocycles. The second kappa shape index (κ2) is 9.41. The van der Waals surface area contributed by atoms with E-state index in [9.17, 15) is 9.59 Å². The molecule has 116 valence electrons. The Morgan fingerprint density at radius 1 is 1.29 bits per heavy atom. The van der Waals surface area contributed by atoms with Crippen LogP contribution in [-0.4, -0.2) is 43.9 Å². The Hall–Kier alpha value is -1.53. The van der Waals surface area contributed by atoms with Gasteiger partial charge in [0.1, 0.15) is 0 Å². The van der Waals surface area contributed by atoms with Crippen molar-refractivity contribution in [1.29, 1.82) is 0 Å². The first kappa shape index (κ1) is 17.5. The Kier molecular flexibility index (Phi) is 7.85. The molecule has 6 heteroatoms. The molecule has 0 heterocycles. The molecular formula is C15H22N2O3S. The standard InChI is InChI=1S/C15H22N2O3S/c1-11(2)17-15(19)12-6-4-5-7-13(12)21-10-14(18)16-8-9-20-3/h4-7,11H,8-10H2,1-3H3,(H,16,18)(H,17,19). The van der Waals surface area contributed by atoms with E-state index >= 15 is 0 Å². The van der Waals surface area contributed by atoms with Crippen LogP contribution in [0.25, 0.3) is 0 Å². The zero-order valence-electron chi connectivity index (χ0n) is 12.6. The highest BCUT2D eigenvalue weighted by molar-refractivity contribution is 8.00. The first-order valence-electron chi connectivity index (χ1n) is 6.83. The van der Waals surface area contributed by atoms with Crippen LogP contribution in [0, 0.1) is 0 Å². The third-order valence-corrected chi connectivity index (χ3v) is 3.61. The first-order valence-corrected chi connectivity index (χ1v) is 7.81. The van der Waals surface area contributed by atoms with Crippen LogP contribution in [0.4, 0.5) is 0 Å². The lowest BCUT2D eigenvalue weighted by molar-refractivity contribution is -0.118. The molecule has 1 aromatic carbocycles. The van der Waals surface area contributed by atoms with Gasteiger partial charge in [0.15, 0.2) is 0 Å². The van der Waals surface area contributed by atoms with E-state index < -0.39 is 0 Å². The summed E-state index contributed by atoms with van der Waals surface area (Å²) in [6.45, 7) is 4.81. The summed E-state index contributed by atoms with van der Waals surface area (Å²) >= 11 is 1.35. The summed E-state index contributed by atoms with van der Waals surface area (Å²) < 4.78 is 4.87. The van der Waals surface area contributed by atoms with Crippen molar-refractivity contribution in [1.82, 2.24) is 10.6 Å². The van der Waals surface area contributed by atoms with Gasteiger partial charge >= 0.3 is 0 Å². The minimum atomic E-state index is -0.118. The summed E-state index contributed by atoms with van der Waals surface area (Å²) in [5.41, 5.74) is 0.598. The van der Waals surface area contributed by atoms with Gasteiger partial charge in [-0.3, -0.25) is 9.59 Å². The molecule has 0 bridgehead atoms. The molecule has 5 nitrogen and oxygen atoms in total. The average Bonchev–Trinajstić information content (AvgIpc) is 2.45. The Bertz CT molecular complexity index is 478. The molecule has 0 aliphatic heterocycles. The second-order valence-corrected chi connectivity index (χ2v) is 5.77. The maximum absolute atomic E-state index is 12.1. The number of thioether (sulfide) groups is 1. The fourth-order valence-electron chi connectivity index (χ4n) is 1.61. The first-order chi connectivity index (χ1) is 10.0. The maximum Gasteiger partial charge on any atom is 0.252 e. The Morgan fingerprint density at radius 2 is 2.00 bits per heavy atom. The third kappa shape index (κ3) is 6.64. The molecule has 2 amide bonds. The fourth-order valence-corrected chi connectivity index (χ4v) is 2.49. The van der Waals surface area contributed by atoms with Gasteiger partial charge < -0.3 is 15.4 Å². The molecule has 1 aromatic rings. The van der Waals surface area contributed by atoms with Crippen molar-refractivity contribution in [3.05, 3.63) is 29.8 Å². The lowest BCUT2D eigenvalue weighted by Gasteiger charge is -2.12. The predicted molar refractivity (Wildman–Crippen MR) is 84.7 cm³/mol. The smallest absolute Gasteiger partial charge is 0.252 e. The summed E-state index contributed by atoms with van der Waals surface area (Å²) in [5, 5.41) is 5.61. The van der Waals surface area contributed by atoms with E-state index in [1.807, 2.05) is 32.0 Å². The fraction of sp³-hybridized carbons (Fsp3) is 0.467. The number of carbonyl (C=O) groups excluding carboxylic acids is 2. The Balaban J connectivity index is 2.59. The molecule has 0 radical (unpaired) electrons. The summed E-state index contributed by atoms with van der Waals surface area (Å²) in [4.78, 5) is 24.6. The highest BCUT2D eigenvalue weighted by Crippen LogP contribution is 2.22. The number of hydrogen-bond donors (Lipinski definition) is 2. The van der Waals surface area contributed by atoms with Crippen LogP contribution in [0.15, 0.2) is 29.2 Å². The van der Waals surface area contributed by atoms with Crippen LogP contribution in [0.3, 0.4) is 0 Å². The molecule has 0 fully saturated rings. The van der Waals surface area contributed by atoms with Gasteiger partial charge in [0.2, 0.25) is 5.91 Å². The third-order valence-electron chi connectivity index (χ3n) is 2.54. The molecule has 0 unspecified atom stereocenters. The highest BCUT2D eigenvalue weighted by Gasteiger charge is 2.13. The number of amides is 2. The molecule has 1 rings (SSSR count). The maximum atomic E-state index is 12.1. The van der Waals surface area contributed by atoms with Crippen LogP contribution < -0.4 is 10.6 Å². The molecule has 0 saturated carbocycles. The normalized spacial score (nSPS) is 10.5. The van der Waals surface area contributed by atoms with Gasteiger partial charge in [0, 0.05) is 24.6 Å². The molecule has 0 spiro atoms. The second-order valence-electron chi connectivity index (χ2n) is 4.76. The monoisotopic (exact) mass is 310 g/mol. The van der Waals surface area contributed by atoms with Crippen LogP contribution in [0.5, 0.6) is 0 Å².